The zero-order valence-corrected chi connectivity index (χ0v) is 22.5. The van der Waals surface area contributed by atoms with Crippen LogP contribution in [0.5, 0.6) is 0 Å². The number of aryl methyl sites for hydroxylation is 1. The number of carbonyl (C=O) groups excluding carboxylic acids is 1. The van der Waals surface area contributed by atoms with Crippen molar-refractivity contribution in [2.24, 2.45) is 17.8 Å². The molecule has 0 aliphatic carbocycles. The molecule has 10 nitrogen and oxygen atoms in total. The number of rotatable bonds is 8. The first-order valence-corrected chi connectivity index (χ1v) is 13.2. The molecule has 4 aromatic rings. The van der Waals surface area contributed by atoms with Crippen LogP contribution in [0.3, 0.4) is 0 Å². The van der Waals surface area contributed by atoms with Gasteiger partial charge < -0.3 is 15.2 Å². The minimum Gasteiger partial charge on any atom is -0.387 e. The zero-order chi connectivity index (χ0) is 27.5. The standard InChI is InChI=1S/C29H32N8O2/c1-4-10-36(11-5-2)28(38)22-13-21-7-6-20(14-25(21)33-26(30)15-22)19-8-9-24-23(12-19)16-32-37(29(24)39)17-27-34-31-18-35(27)3/h6-9,12-14,16,18H,4-5,10-11,15,17H2,1-3H3,(H2,30,33). The Bertz CT molecular complexity index is 1660. The minimum absolute atomic E-state index is 0.0145. The third-order valence-electron chi connectivity index (χ3n) is 6.83. The number of hydrogen-bond donors (Lipinski definition) is 1. The van der Waals surface area contributed by atoms with E-state index < -0.39 is 0 Å². The number of hydrogen-bond acceptors (Lipinski definition) is 7. The summed E-state index contributed by atoms with van der Waals surface area (Å²) in [6.45, 7) is 5.82. The Balaban J connectivity index is 1.46. The zero-order valence-electron chi connectivity index (χ0n) is 22.5. The summed E-state index contributed by atoms with van der Waals surface area (Å²) < 4.78 is 3.15. The maximum absolute atomic E-state index is 13.3. The molecule has 2 aromatic heterocycles. The lowest BCUT2D eigenvalue weighted by molar-refractivity contribution is -0.127. The first-order valence-electron chi connectivity index (χ1n) is 13.2. The fourth-order valence-corrected chi connectivity index (χ4v) is 4.83. The van der Waals surface area contributed by atoms with Gasteiger partial charge in [0.1, 0.15) is 18.7 Å². The van der Waals surface area contributed by atoms with Gasteiger partial charge in [-0.25, -0.2) is 9.67 Å². The quantitative estimate of drug-likeness (QED) is 0.375. The van der Waals surface area contributed by atoms with Crippen molar-refractivity contribution in [1.29, 1.82) is 0 Å². The van der Waals surface area contributed by atoms with Crippen LogP contribution in [0.25, 0.3) is 28.0 Å². The van der Waals surface area contributed by atoms with Gasteiger partial charge in [-0.15, -0.1) is 10.2 Å². The highest BCUT2D eigenvalue weighted by molar-refractivity contribution is 6.05. The van der Waals surface area contributed by atoms with E-state index in [1.165, 1.54) is 4.68 Å². The predicted molar refractivity (Wildman–Crippen MR) is 153 cm³/mol. The summed E-state index contributed by atoms with van der Waals surface area (Å²) in [5, 5.41) is 13.6. The van der Waals surface area contributed by atoms with Crippen LogP contribution in [-0.4, -0.2) is 54.3 Å². The lowest BCUT2D eigenvalue weighted by atomic mass is 9.99. The van der Waals surface area contributed by atoms with Crippen LogP contribution in [0.2, 0.25) is 0 Å². The topological polar surface area (TPSA) is 124 Å². The number of benzene rings is 2. The maximum Gasteiger partial charge on any atom is 0.275 e. The molecule has 2 N–H and O–H groups in total. The van der Waals surface area contributed by atoms with Crippen molar-refractivity contribution >= 4 is 34.3 Å². The molecule has 1 amide bonds. The largest absolute Gasteiger partial charge is 0.387 e. The molecule has 0 bridgehead atoms. The van der Waals surface area contributed by atoms with Gasteiger partial charge in [-0.05, 0) is 48.2 Å². The van der Waals surface area contributed by atoms with Crippen LogP contribution in [0.1, 0.15) is 44.5 Å². The molecule has 0 saturated heterocycles. The molecule has 0 unspecified atom stereocenters. The van der Waals surface area contributed by atoms with Crippen molar-refractivity contribution in [3.63, 3.8) is 0 Å². The fraction of sp³-hybridized carbons (Fsp3) is 0.310. The van der Waals surface area contributed by atoms with E-state index in [9.17, 15) is 9.59 Å². The molecular formula is C29H32N8O2. The SMILES string of the molecule is CCCN(CCC)C(=O)C1=Cc2ccc(-c3ccc4c(=O)n(Cc5nncn5C)ncc4c3)cc2N=C(N)C1. The van der Waals surface area contributed by atoms with E-state index >= 15 is 0 Å². The molecule has 1 aliphatic rings. The molecule has 1 aliphatic heterocycles. The van der Waals surface area contributed by atoms with Crippen LogP contribution >= 0.6 is 0 Å². The van der Waals surface area contributed by atoms with Gasteiger partial charge in [0.25, 0.3) is 5.56 Å². The van der Waals surface area contributed by atoms with Gasteiger partial charge >= 0.3 is 0 Å². The molecule has 0 radical (unpaired) electrons. The number of aliphatic imine (C=N–C) groups is 1. The number of nitrogens with two attached hydrogens (primary N) is 1. The number of nitrogens with zero attached hydrogens (tertiary/aromatic N) is 7. The lowest BCUT2D eigenvalue weighted by Crippen LogP contribution is -2.34. The normalized spacial score (nSPS) is 13.0. The highest BCUT2D eigenvalue weighted by atomic mass is 16.2. The summed E-state index contributed by atoms with van der Waals surface area (Å²) in [6, 6.07) is 11.6. The van der Waals surface area contributed by atoms with Crippen molar-refractivity contribution < 1.29 is 4.79 Å². The highest BCUT2D eigenvalue weighted by Gasteiger charge is 2.21. The minimum atomic E-state index is -0.191. The molecule has 0 spiro atoms. The summed E-state index contributed by atoms with van der Waals surface area (Å²) in [5.74, 6) is 1.07. The van der Waals surface area contributed by atoms with E-state index in [1.54, 1.807) is 17.1 Å². The molecule has 200 valence electrons. The van der Waals surface area contributed by atoms with Crippen molar-refractivity contribution in [3.05, 3.63) is 76.2 Å². The van der Waals surface area contributed by atoms with E-state index in [0.29, 0.717) is 34.7 Å². The van der Waals surface area contributed by atoms with E-state index in [1.807, 2.05) is 54.4 Å². The monoisotopic (exact) mass is 524 g/mol. The Morgan fingerprint density at radius 1 is 1.08 bits per heavy atom. The predicted octanol–water partition coefficient (Wildman–Crippen LogP) is 3.66. The summed E-state index contributed by atoms with van der Waals surface area (Å²) >= 11 is 0. The van der Waals surface area contributed by atoms with Crippen LogP contribution in [0, 0.1) is 0 Å². The number of carbonyl (C=O) groups is 1. The molecule has 0 fully saturated rings. The molecule has 0 atom stereocenters. The van der Waals surface area contributed by atoms with Crippen LogP contribution < -0.4 is 11.3 Å². The summed E-state index contributed by atoms with van der Waals surface area (Å²) in [5.41, 5.74) is 10.1. The summed E-state index contributed by atoms with van der Waals surface area (Å²) in [6.07, 6.45) is 7.31. The van der Waals surface area contributed by atoms with Crippen molar-refractivity contribution in [2.75, 3.05) is 13.1 Å². The second kappa shape index (κ2) is 11.0. The molecule has 10 heteroatoms. The summed E-state index contributed by atoms with van der Waals surface area (Å²) in [7, 11) is 1.83. The van der Waals surface area contributed by atoms with Gasteiger partial charge in [0.2, 0.25) is 5.91 Å². The van der Waals surface area contributed by atoms with Gasteiger partial charge in [0.15, 0.2) is 5.82 Å². The Hall–Kier alpha value is -4.60. The van der Waals surface area contributed by atoms with Crippen molar-refractivity contribution in [2.45, 2.75) is 39.7 Å². The Labute approximate surface area is 226 Å². The van der Waals surface area contributed by atoms with Crippen LogP contribution in [0.15, 0.2) is 64.3 Å². The van der Waals surface area contributed by atoms with Crippen LogP contribution in [0.4, 0.5) is 5.69 Å². The molecule has 0 saturated carbocycles. The number of amidine groups is 1. The Kier molecular flexibility index (Phi) is 7.36. The Morgan fingerprint density at radius 2 is 1.82 bits per heavy atom. The molecule has 5 rings (SSSR count). The lowest BCUT2D eigenvalue weighted by Gasteiger charge is -2.22. The third-order valence-corrected chi connectivity index (χ3v) is 6.83. The number of amides is 1. The van der Waals surface area contributed by atoms with Crippen molar-refractivity contribution in [1.82, 2.24) is 29.4 Å². The summed E-state index contributed by atoms with van der Waals surface area (Å²) in [4.78, 5) is 32.9. The van der Waals surface area contributed by atoms with E-state index in [2.05, 4.69) is 34.1 Å². The van der Waals surface area contributed by atoms with Gasteiger partial charge in [0, 0.05) is 43.1 Å². The average Bonchev–Trinajstić information content (AvgIpc) is 3.25. The van der Waals surface area contributed by atoms with Gasteiger partial charge in [-0.1, -0.05) is 32.0 Å². The number of aromatic nitrogens is 5. The fourth-order valence-electron chi connectivity index (χ4n) is 4.83. The highest BCUT2D eigenvalue weighted by Crippen LogP contribution is 2.33. The maximum atomic E-state index is 13.3. The second-order valence-corrected chi connectivity index (χ2v) is 9.78. The van der Waals surface area contributed by atoms with Gasteiger partial charge in [-0.3, -0.25) is 9.59 Å². The average molecular weight is 525 g/mol. The second-order valence-electron chi connectivity index (χ2n) is 9.78. The molecule has 2 aromatic carbocycles. The smallest absolute Gasteiger partial charge is 0.275 e. The first-order chi connectivity index (χ1) is 18.9. The van der Waals surface area contributed by atoms with E-state index in [0.717, 1.165) is 48.0 Å². The van der Waals surface area contributed by atoms with Gasteiger partial charge in [-0.2, -0.15) is 5.10 Å². The van der Waals surface area contributed by atoms with Gasteiger partial charge in [0.05, 0.1) is 17.3 Å². The first kappa shape index (κ1) is 26.0. The Morgan fingerprint density at radius 3 is 2.54 bits per heavy atom. The van der Waals surface area contributed by atoms with E-state index in [4.69, 9.17) is 5.73 Å². The van der Waals surface area contributed by atoms with Crippen LogP contribution in [-0.2, 0) is 18.4 Å². The molecular weight excluding hydrogens is 492 g/mol. The molecule has 3 heterocycles. The van der Waals surface area contributed by atoms with E-state index in [-0.39, 0.29) is 18.0 Å². The third kappa shape index (κ3) is 5.36. The van der Waals surface area contributed by atoms with Crippen molar-refractivity contribution in [3.8, 4) is 11.1 Å². The molecule has 39 heavy (non-hydrogen) atoms. The number of fused-ring (bicyclic) bond motifs is 2.